The van der Waals surface area contributed by atoms with Crippen LogP contribution >= 0.6 is 0 Å². The summed E-state index contributed by atoms with van der Waals surface area (Å²) in [5, 5.41) is 1.35. The smallest absolute Gasteiger partial charge is 0.305 e. The van der Waals surface area contributed by atoms with E-state index in [0.717, 1.165) is 106 Å². The minimum absolute atomic E-state index is 0. The maximum absolute atomic E-state index is 14.5. The van der Waals surface area contributed by atoms with Crippen molar-refractivity contribution in [2.24, 2.45) is 11.8 Å². The molecule has 2 aliphatic rings. The maximum Gasteiger partial charge on any atom is 2.00 e. The van der Waals surface area contributed by atoms with Crippen LogP contribution in [0, 0.1) is 156 Å². The Morgan fingerprint density at radius 2 is 0.439 bits per heavy atom. The van der Waals surface area contributed by atoms with Crippen LogP contribution in [0.4, 0.5) is 70.2 Å². The average molecular weight is 2640 g/mol. The molecule has 0 aliphatic heterocycles. The molecule has 18 rings (SSSR count). The van der Waals surface area contributed by atoms with Crippen molar-refractivity contribution in [3.63, 3.8) is 0 Å². The SMILES string of the molecule is CC(C)CC(CC(C)C)(c1cccc(-c2[c-]cc(F)nc2F)n1)c1cccc(-c2[c-]cc(F)nc2F)n1.C[Si](C)(c1cccc(-c2[c-]cc(F)nc2F)n1)c1cccc(-c2[c-]cc(F)nc2F)n1.Fc1c[c-]c(-c2cccc(C3(c4cccc(-c5[c-]cc(F)nc5F)n4)CCCC3)n2)c(F)n1.Fc1c[c-]c(-c2cccc(C3(c4cccc(-c5[c-]cc(F)nc5F)n4)CCCCC3)n2)c(F)n1.[Pt+2].[Pt+2].[Pt+2].[Pt+2]. The van der Waals surface area contributed by atoms with Gasteiger partial charge in [0.15, 0.2) is 8.07 Å². The van der Waals surface area contributed by atoms with Crippen LogP contribution in [-0.4, -0.2) is 87.8 Å². The summed E-state index contributed by atoms with van der Waals surface area (Å²) in [4.78, 5) is 63.3. The van der Waals surface area contributed by atoms with Gasteiger partial charge in [-0.1, -0.05) is 263 Å². The number of hydrogen-bond donors (Lipinski definition) is 0. The van der Waals surface area contributed by atoms with Crippen molar-refractivity contribution in [2.75, 3.05) is 0 Å². The molecule has 16 nitrogen and oxygen atoms in total. The molecule has 16 aromatic heterocycles. The summed E-state index contributed by atoms with van der Waals surface area (Å²) in [7, 11) is -2.52. The third kappa shape index (κ3) is 24.6. The molecule has 0 aromatic carbocycles. The van der Waals surface area contributed by atoms with Gasteiger partial charge in [0.05, 0.1) is 16.2 Å². The summed E-state index contributed by atoms with van der Waals surface area (Å²) in [6.45, 7) is 12.3. The van der Waals surface area contributed by atoms with E-state index in [1.165, 1.54) is 0 Å². The van der Waals surface area contributed by atoms with Gasteiger partial charge in [0.25, 0.3) is 0 Å². The molecule has 2 saturated carbocycles. The molecule has 0 saturated heterocycles. The number of pyridine rings is 16. The fourth-order valence-corrected chi connectivity index (χ4v) is 19.0. The maximum atomic E-state index is 14.5. The number of hydrogen-bond acceptors (Lipinski definition) is 16. The van der Waals surface area contributed by atoms with Gasteiger partial charge in [-0.2, -0.15) is 0 Å². The number of halogens is 16. The molecule has 37 heteroatoms. The van der Waals surface area contributed by atoms with Crippen LogP contribution in [-0.2, 0) is 101 Å². The largest absolute Gasteiger partial charge is 2.00 e. The number of nitrogens with zero attached hydrogens (tertiary/aromatic N) is 16. The second-order valence-electron chi connectivity index (χ2n) is 33.2. The molecule has 16 aromatic rings. The molecule has 2 fully saturated rings. The predicted octanol–water partition coefficient (Wildman–Crippen LogP) is 22.3. The van der Waals surface area contributed by atoms with Crippen molar-refractivity contribution < 1.29 is 155 Å². The van der Waals surface area contributed by atoms with E-state index in [2.05, 4.69) is 136 Å². The van der Waals surface area contributed by atoms with Crippen LogP contribution in [0.1, 0.15) is 132 Å². The van der Waals surface area contributed by atoms with Crippen molar-refractivity contribution in [1.82, 2.24) is 79.7 Å². The topological polar surface area (TPSA) is 206 Å². The quantitative estimate of drug-likeness (QED) is 0.0301. The van der Waals surface area contributed by atoms with E-state index in [1.807, 2.05) is 49.5 Å². The Hall–Kier alpha value is -11.7. The Labute approximate surface area is 847 Å². The molecule has 0 radical (unpaired) electrons. The molecule has 0 N–H and O–H groups in total. The van der Waals surface area contributed by atoms with Crippen LogP contribution in [0.25, 0.3) is 90.1 Å². The zero-order valence-electron chi connectivity index (χ0n) is 73.9. The van der Waals surface area contributed by atoms with Crippen molar-refractivity contribution >= 4 is 18.7 Å². The Bertz CT molecular complexity index is 6650. The van der Waals surface area contributed by atoms with E-state index in [1.54, 1.807) is 109 Å². The summed E-state index contributed by atoms with van der Waals surface area (Å²) in [5.74, 6) is -15.2. The number of rotatable bonds is 20. The molecule has 139 heavy (non-hydrogen) atoms. The second kappa shape index (κ2) is 47.0. The molecule has 2 aliphatic carbocycles. The third-order valence-corrected chi connectivity index (χ3v) is 26.0. The van der Waals surface area contributed by atoms with Gasteiger partial charge in [0.2, 0.25) is 0 Å². The normalized spacial score (nSPS) is 13.1. The standard InChI is InChI=1S/C29H26F4N4.C26H18F4N4.C25H16F4N4.C22H14F4N4Si.4Pt/c1-17(2)15-29(16-18(3)4,23-9-5-7-21(34-23)19-11-13-25(30)36-27(19)32)24-10-6-8-22(35-24)20-12-14-26(31)37-28(20)33;27-22-12-10-16(24(29)33-22)18-6-4-8-20(31-18)26(14-2-1-3-15-26)21-9-5-7-19(32-21)17-11-13-23(28)34-25(17)30;26-21-11-9-15(23(28)32-21)17-5-3-7-19(30-17)25(13-1-2-14-25)20-8-4-6-18(31-20)16-10-12-22(27)33-24(16)29;1-31(2,19-7-3-5-15(27-19)13-9-11-17(23)29-21(13)25)20-8-4-6-16(28-20)14-10-12-18(24)30-22(14)26;;;;/h5-10,13-14,17-18H,15-16H2,1-4H3;4-9,12-13H,1-3,14-15H2;3-8,11-12H,1-2,13-14H2;3-8,11-12H,1-2H3;;;;/q4*-2;4*+2. The van der Waals surface area contributed by atoms with Crippen molar-refractivity contribution in [3.8, 4) is 90.1 Å². The third-order valence-electron chi connectivity index (χ3n) is 22.9. The molecular weight excluding hydrogens is 2560 g/mol. The van der Waals surface area contributed by atoms with Gasteiger partial charge in [0, 0.05) is 44.8 Å². The molecule has 0 bridgehead atoms. The first-order valence-electron chi connectivity index (χ1n) is 42.5. The summed E-state index contributed by atoms with van der Waals surface area (Å²) in [6.07, 6.45) is 8.98. The first-order valence-corrected chi connectivity index (χ1v) is 45.5. The number of aromatic nitrogens is 16. The minimum atomic E-state index is -2.52. The van der Waals surface area contributed by atoms with Gasteiger partial charge < -0.3 is 39.9 Å². The van der Waals surface area contributed by atoms with E-state index in [0.29, 0.717) is 57.6 Å². The Morgan fingerprint density at radius 3 is 0.647 bits per heavy atom. The van der Waals surface area contributed by atoms with Crippen LogP contribution in [0.3, 0.4) is 0 Å². The second-order valence-corrected chi connectivity index (χ2v) is 37.5. The van der Waals surface area contributed by atoms with Gasteiger partial charge >= 0.3 is 84.3 Å². The molecule has 0 atom stereocenters. The Kier molecular flexibility index (Phi) is 36.4. The monoisotopic (exact) mass is 2630 g/mol. The first kappa shape index (κ1) is 108. The van der Waals surface area contributed by atoms with Crippen LogP contribution in [0.2, 0.25) is 13.1 Å². The molecule has 16 heterocycles. The summed E-state index contributed by atoms with van der Waals surface area (Å²) < 4.78 is 220. The van der Waals surface area contributed by atoms with Gasteiger partial charge in [-0.05, 0) is 144 Å². The van der Waals surface area contributed by atoms with E-state index in [-0.39, 0.29) is 186 Å². The van der Waals surface area contributed by atoms with Crippen LogP contribution in [0.5, 0.6) is 0 Å². The molecular formula is C102H74F16N16Pt4Si. The van der Waals surface area contributed by atoms with Crippen molar-refractivity contribution in [3.05, 3.63) is 372 Å². The van der Waals surface area contributed by atoms with Gasteiger partial charge in [-0.3, -0.25) is 39.9 Å². The van der Waals surface area contributed by atoms with Crippen molar-refractivity contribution in [1.29, 1.82) is 0 Å². The summed E-state index contributed by atoms with van der Waals surface area (Å²) in [5.41, 5.74) is 3.96. The molecule has 718 valence electrons. The van der Waals surface area contributed by atoms with Gasteiger partial charge in [-0.25, -0.2) is 70.2 Å². The zero-order valence-corrected chi connectivity index (χ0v) is 84.0. The summed E-state index contributed by atoms with van der Waals surface area (Å²) >= 11 is 0. The van der Waals surface area contributed by atoms with Gasteiger partial charge in [0.1, 0.15) is 95.2 Å². The van der Waals surface area contributed by atoms with E-state index in [9.17, 15) is 70.2 Å². The van der Waals surface area contributed by atoms with Crippen LogP contribution in [0.15, 0.2) is 194 Å². The fraction of sp³-hybridized carbons (Fsp3) is 0.216. The predicted molar refractivity (Wildman–Crippen MR) is 469 cm³/mol. The van der Waals surface area contributed by atoms with E-state index < -0.39 is 119 Å². The van der Waals surface area contributed by atoms with E-state index >= 15 is 0 Å². The molecule has 0 unspecified atom stereocenters. The van der Waals surface area contributed by atoms with Gasteiger partial charge in [-0.15, -0.1) is 48.5 Å². The fourth-order valence-electron chi connectivity index (χ4n) is 16.9. The van der Waals surface area contributed by atoms with Crippen LogP contribution < -0.4 is 10.6 Å². The summed E-state index contributed by atoms with van der Waals surface area (Å²) in [6, 6.07) is 69.6. The average Bonchev–Trinajstić information content (AvgIpc) is 1.64. The molecule has 0 spiro atoms. The molecule has 0 amide bonds. The van der Waals surface area contributed by atoms with Crippen molar-refractivity contribution in [2.45, 2.75) is 128 Å². The zero-order chi connectivity index (χ0) is 95.6. The minimum Gasteiger partial charge on any atom is -0.305 e. The van der Waals surface area contributed by atoms with E-state index in [4.69, 9.17) is 19.9 Å². The Morgan fingerprint density at radius 1 is 0.252 bits per heavy atom. The Balaban J connectivity index is 0.000000176. The first-order chi connectivity index (χ1) is 64.8.